The van der Waals surface area contributed by atoms with Gasteiger partial charge < -0.3 is 9.64 Å². The van der Waals surface area contributed by atoms with Crippen LogP contribution in [-0.2, 0) is 16.1 Å². The van der Waals surface area contributed by atoms with Crippen molar-refractivity contribution < 1.29 is 9.53 Å². The maximum absolute atomic E-state index is 13.4. The number of rotatable bonds is 8. The highest BCUT2D eigenvalue weighted by molar-refractivity contribution is 8.00. The zero-order chi connectivity index (χ0) is 22.7. The van der Waals surface area contributed by atoms with Crippen LogP contribution in [0.4, 0.5) is 0 Å². The molecule has 3 rings (SSSR count). The van der Waals surface area contributed by atoms with E-state index in [1.54, 1.807) is 15.9 Å². The lowest BCUT2D eigenvalue weighted by atomic mass is 9.92. The number of nitrogens with zero attached hydrogens (tertiary/aromatic N) is 3. The fourth-order valence-electron chi connectivity index (χ4n) is 4.37. The minimum atomic E-state index is -0.290. The van der Waals surface area contributed by atoms with Crippen molar-refractivity contribution >= 4 is 39.2 Å². The predicted octanol–water partition coefficient (Wildman–Crippen LogP) is 4.49. The number of aryl methyl sites for hydroxylation is 2. The molecular formula is C23H35N3O3S2. The van der Waals surface area contributed by atoms with Crippen LogP contribution in [0.1, 0.15) is 51.0 Å². The van der Waals surface area contributed by atoms with Crippen LogP contribution in [0.2, 0.25) is 0 Å². The van der Waals surface area contributed by atoms with Crippen molar-refractivity contribution in [3.63, 3.8) is 0 Å². The Morgan fingerprint density at radius 1 is 1.29 bits per heavy atom. The maximum Gasteiger partial charge on any atom is 0.263 e. The molecule has 1 amide bonds. The highest BCUT2D eigenvalue weighted by atomic mass is 32.2. The Hall–Kier alpha value is -1.38. The van der Waals surface area contributed by atoms with E-state index in [4.69, 9.17) is 9.72 Å². The molecule has 6 nitrogen and oxygen atoms in total. The quantitative estimate of drug-likeness (QED) is 0.327. The minimum absolute atomic E-state index is 0.00860. The molecule has 0 unspecified atom stereocenters. The zero-order valence-corrected chi connectivity index (χ0v) is 21.2. The molecule has 0 saturated carbocycles. The third-order valence-electron chi connectivity index (χ3n) is 5.94. The number of carbonyl (C=O) groups excluding carboxylic acids is 1. The third-order valence-corrected chi connectivity index (χ3v) is 8.12. The molecule has 1 aliphatic rings. The van der Waals surface area contributed by atoms with Gasteiger partial charge in [0.25, 0.3) is 5.56 Å². The summed E-state index contributed by atoms with van der Waals surface area (Å²) < 4.78 is 7.21. The van der Waals surface area contributed by atoms with Gasteiger partial charge >= 0.3 is 0 Å². The molecule has 2 aromatic rings. The second-order valence-electron chi connectivity index (χ2n) is 8.81. The molecule has 2 aromatic heterocycles. The normalized spacial score (nSPS) is 20.4. The summed E-state index contributed by atoms with van der Waals surface area (Å²) in [6, 6.07) is 0. The van der Waals surface area contributed by atoms with E-state index in [1.165, 1.54) is 18.2 Å². The van der Waals surface area contributed by atoms with Crippen LogP contribution in [0.3, 0.4) is 0 Å². The molecule has 3 heterocycles. The fraction of sp³-hybridized carbons (Fsp3) is 0.696. The number of ether oxygens (including phenoxy) is 1. The molecular weight excluding hydrogens is 430 g/mol. The number of piperidine rings is 1. The standard InChI is InChI=1S/C23H35N3O3S2/c1-7-29-10-8-9-26-22(28)19-16(4)17(5)30-20(19)24-23(26)31-18(6)21(27)25-12-14(2)11-15(3)13-25/h14-15,18H,7-13H2,1-6H3/t14-,15-,18+/m0/s1. The van der Waals surface area contributed by atoms with Crippen molar-refractivity contribution in [2.75, 3.05) is 26.3 Å². The number of thiophene rings is 1. The molecule has 0 spiro atoms. The smallest absolute Gasteiger partial charge is 0.263 e. The van der Waals surface area contributed by atoms with Gasteiger partial charge in [-0.1, -0.05) is 25.6 Å². The summed E-state index contributed by atoms with van der Waals surface area (Å²) in [7, 11) is 0. The number of thioether (sulfide) groups is 1. The lowest BCUT2D eigenvalue weighted by molar-refractivity contribution is -0.132. The SMILES string of the molecule is CCOCCCn1c(S[C@H](C)C(=O)N2C[C@@H](C)C[C@H](C)C2)nc2sc(C)c(C)c2c1=O. The van der Waals surface area contributed by atoms with Crippen LogP contribution in [0, 0.1) is 25.7 Å². The first-order chi connectivity index (χ1) is 14.7. The highest BCUT2D eigenvalue weighted by Gasteiger charge is 2.30. The van der Waals surface area contributed by atoms with Gasteiger partial charge in [0.05, 0.1) is 10.6 Å². The van der Waals surface area contributed by atoms with E-state index < -0.39 is 0 Å². The summed E-state index contributed by atoms with van der Waals surface area (Å²) >= 11 is 2.96. The zero-order valence-electron chi connectivity index (χ0n) is 19.6. The van der Waals surface area contributed by atoms with Gasteiger partial charge in [-0.05, 0) is 57.9 Å². The van der Waals surface area contributed by atoms with E-state index in [0.29, 0.717) is 42.1 Å². The molecule has 1 aliphatic heterocycles. The summed E-state index contributed by atoms with van der Waals surface area (Å²) in [5.41, 5.74) is 0.999. The Kier molecular flexibility index (Phi) is 8.21. The minimum Gasteiger partial charge on any atom is -0.382 e. The Balaban J connectivity index is 1.88. The Bertz CT molecular complexity index is 975. The average molecular weight is 466 g/mol. The molecule has 0 aliphatic carbocycles. The van der Waals surface area contributed by atoms with Crippen LogP contribution in [0.25, 0.3) is 10.2 Å². The van der Waals surface area contributed by atoms with Crippen molar-refractivity contribution in [1.82, 2.24) is 14.5 Å². The van der Waals surface area contributed by atoms with E-state index in [9.17, 15) is 9.59 Å². The number of aromatic nitrogens is 2. The van der Waals surface area contributed by atoms with Crippen LogP contribution in [0.5, 0.6) is 0 Å². The van der Waals surface area contributed by atoms with E-state index >= 15 is 0 Å². The molecule has 8 heteroatoms. The van der Waals surface area contributed by atoms with Gasteiger partial charge in [0, 0.05) is 37.7 Å². The van der Waals surface area contributed by atoms with Crippen LogP contribution < -0.4 is 5.56 Å². The van der Waals surface area contributed by atoms with Crippen molar-refractivity contribution in [2.45, 2.75) is 71.3 Å². The Morgan fingerprint density at radius 2 is 1.97 bits per heavy atom. The number of carbonyl (C=O) groups is 1. The second kappa shape index (κ2) is 10.5. The van der Waals surface area contributed by atoms with E-state index in [1.807, 2.05) is 32.6 Å². The van der Waals surface area contributed by atoms with Gasteiger partial charge in [-0.3, -0.25) is 14.2 Å². The molecule has 172 valence electrons. The molecule has 3 atom stereocenters. The van der Waals surface area contributed by atoms with Gasteiger partial charge in [0.15, 0.2) is 5.16 Å². The molecule has 31 heavy (non-hydrogen) atoms. The molecule has 1 saturated heterocycles. The molecule has 0 radical (unpaired) electrons. The molecule has 1 fully saturated rings. The number of hydrogen-bond donors (Lipinski definition) is 0. The highest BCUT2D eigenvalue weighted by Crippen LogP contribution is 2.31. The van der Waals surface area contributed by atoms with Crippen LogP contribution >= 0.6 is 23.1 Å². The predicted molar refractivity (Wildman–Crippen MR) is 129 cm³/mol. The lowest BCUT2D eigenvalue weighted by Crippen LogP contribution is -2.45. The monoisotopic (exact) mass is 465 g/mol. The largest absolute Gasteiger partial charge is 0.382 e. The summed E-state index contributed by atoms with van der Waals surface area (Å²) in [5.74, 6) is 1.18. The number of amides is 1. The maximum atomic E-state index is 13.4. The Morgan fingerprint density at radius 3 is 2.61 bits per heavy atom. The van der Waals surface area contributed by atoms with E-state index in [-0.39, 0.29) is 16.7 Å². The fourth-order valence-corrected chi connectivity index (χ4v) is 6.46. The number of likely N-dealkylation sites (tertiary alicyclic amines) is 1. The molecule has 0 aromatic carbocycles. The first-order valence-electron chi connectivity index (χ1n) is 11.3. The van der Waals surface area contributed by atoms with Gasteiger partial charge in [-0.15, -0.1) is 11.3 Å². The lowest BCUT2D eigenvalue weighted by Gasteiger charge is -2.36. The van der Waals surface area contributed by atoms with Gasteiger partial charge in [-0.25, -0.2) is 4.98 Å². The topological polar surface area (TPSA) is 64.4 Å². The van der Waals surface area contributed by atoms with Crippen LogP contribution in [-0.4, -0.2) is 51.9 Å². The third kappa shape index (κ3) is 5.52. The summed E-state index contributed by atoms with van der Waals surface area (Å²) in [6.45, 7) is 15.8. The average Bonchev–Trinajstić information content (AvgIpc) is 2.99. The van der Waals surface area contributed by atoms with E-state index in [0.717, 1.165) is 34.8 Å². The number of fused-ring (bicyclic) bond motifs is 1. The number of hydrogen-bond acceptors (Lipinski definition) is 6. The Labute approximate surface area is 193 Å². The molecule has 0 N–H and O–H groups in total. The first kappa shape index (κ1) is 24.3. The summed E-state index contributed by atoms with van der Waals surface area (Å²) in [4.78, 5) is 35.3. The summed E-state index contributed by atoms with van der Waals surface area (Å²) in [6.07, 6.45) is 1.90. The van der Waals surface area contributed by atoms with Crippen molar-refractivity contribution in [2.24, 2.45) is 11.8 Å². The second-order valence-corrected chi connectivity index (χ2v) is 11.3. The first-order valence-corrected chi connectivity index (χ1v) is 13.0. The van der Waals surface area contributed by atoms with E-state index in [2.05, 4.69) is 13.8 Å². The van der Waals surface area contributed by atoms with Crippen molar-refractivity contribution in [1.29, 1.82) is 0 Å². The van der Waals surface area contributed by atoms with Crippen molar-refractivity contribution in [3.8, 4) is 0 Å². The van der Waals surface area contributed by atoms with Gasteiger partial charge in [-0.2, -0.15) is 0 Å². The van der Waals surface area contributed by atoms with Gasteiger partial charge in [0.1, 0.15) is 4.83 Å². The summed E-state index contributed by atoms with van der Waals surface area (Å²) in [5, 5.41) is 1.05. The van der Waals surface area contributed by atoms with Crippen molar-refractivity contribution in [3.05, 3.63) is 20.8 Å². The van der Waals surface area contributed by atoms with Crippen LogP contribution in [0.15, 0.2) is 9.95 Å². The van der Waals surface area contributed by atoms with Gasteiger partial charge in [0.2, 0.25) is 5.91 Å². The molecule has 0 bridgehead atoms.